The van der Waals surface area contributed by atoms with Gasteiger partial charge in [0.05, 0.1) is 34.7 Å². The number of hydrogen-bond donors (Lipinski definition) is 1. The highest BCUT2D eigenvalue weighted by Gasteiger charge is 2.35. The van der Waals surface area contributed by atoms with Gasteiger partial charge >= 0.3 is 0 Å². The van der Waals surface area contributed by atoms with E-state index in [9.17, 15) is 18.0 Å². The van der Waals surface area contributed by atoms with E-state index in [4.69, 9.17) is 26.1 Å². The van der Waals surface area contributed by atoms with Crippen LogP contribution in [0.1, 0.15) is 55.1 Å². The maximum Gasteiger partial charge on any atom is 0.267 e. The van der Waals surface area contributed by atoms with E-state index in [-0.39, 0.29) is 12.2 Å². The number of amides is 1. The number of ether oxygens (including phenoxy) is 2. The van der Waals surface area contributed by atoms with E-state index < -0.39 is 15.9 Å². The van der Waals surface area contributed by atoms with Gasteiger partial charge in [0.15, 0.2) is 5.94 Å². The fraction of sp³-hybridized carbons (Fsp3) is 0.441. The van der Waals surface area contributed by atoms with E-state index in [0.29, 0.717) is 56.6 Å². The number of nitrogens with one attached hydrogen (secondary N) is 1. The van der Waals surface area contributed by atoms with Crippen LogP contribution in [0.2, 0.25) is 5.02 Å². The summed E-state index contributed by atoms with van der Waals surface area (Å²) in [4.78, 5) is 39.1. The van der Waals surface area contributed by atoms with Gasteiger partial charge in [-0.15, -0.1) is 11.3 Å². The van der Waals surface area contributed by atoms with Gasteiger partial charge in [-0.05, 0) is 70.2 Å². The first-order valence-corrected chi connectivity index (χ1v) is 19.0. The van der Waals surface area contributed by atoms with Crippen LogP contribution in [0.25, 0.3) is 21.3 Å². The number of methoxy groups -OCH3 is 1. The molecule has 14 heteroatoms. The highest BCUT2D eigenvalue weighted by Crippen LogP contribution is 2.41. The Morgan fingerprint density at radius 1 is 1.17 bits per heavy atom. The normalized spacial score (nSPS) is 19.3. The zero-order valence-corrected chi connectivity index (χ0v) is 29.7. The van der Waals surface area contributed by atoms with E-state index in [1.54, 1.807) is 37.6 Å². The second-order valence-electron chi connectivity index (χ2n) is 12.4. The molecule has 0 spiro atoms. The van der Waals surface area contributed by atoms with Crippen molar-refractivity contribution < 1.29 is 27.5 Å². The van der Waals surface area contributed by atoms with Gasteiger partial charge in [0.2, 0.25) is 10.0 Å². The number of carbonyl (C=O) groups is 1. The topological polar surface area (TPSA) is 130 Å². The second kappa shape index (κ2) is 14.1. The molecule has 2 aromatic heterocycles. The van der Waals surface area contributed by atoms with E-state index in [2.05, 4.69) is 15.8 Å². The Balaban J connectivity index is 1.21. The van der Waals surface area contributed by atoms with Crippen LogP contribution in [0, 0.1) is 6.92 Å². The van der Waals surface area contributed by atoms with Crippen LogP contribution in [0.4, 0.5) is 0 Å². The number of aliphatic imine (C=N–C) groups is 1. The summed E-state index contributed by atoms with van der Waals surface area (Å²) < 4.78 is 38.1. The van der Waals surface area contributed by atoms with Crippen LogP contribution in [-0.2, 0) is 19.6 Å². The van der Waals surface area contributed by atoms with Crippen molar-refractivity contribution >= 4 is 60.9 Å². The monoisotopic (exact) mass is 711 g/mol. The third-order valence-electron chi connectivity index (χ3n) is 9.15. The fourth-order valence-electron chi connectivity index (χ4n) is 6.83. The van der Waals surface area contributed by atoms with Gasteiger partial charge in [-0.25, -0.2) is 22.9 Å². The Labute approximate surface area is 289 Å². The number of sulfonamides is 1. The molecule has 0 unspecified atom stereocenters. The predicted molar refractivity (Wildman–Crippen MR) is 188 cm³/mol. The summed E-state index contributed by atoms with van der Waals surface area (Å²) >= 11 is 7.75. The molecular weight excluding hydrogens is 674 g/mol. The van der Waals surface area contributed by atoms with Crippen LogP contribution in [-0.4, -0.2) is 92.6 Å². The summed E-state index contributed by atoms with van der Waals surface area (Å²) in [5.41, 5.74) is 5.11. The van der Waals surface area contributed by atoms with Gasteiger partial charge in [-0.3, -0.25) is 14.7 Å². The van der Waals surface area contributed by atoms with Crippen LogP contribution < -0.4 is 9.46 Å². The lowest BCUT2D eigenvalue weighted by Gasteiger charge is -2.41. The molecule has 3 aromatic rings. The van der Waals surface area contributed by atoms with E-state index in [0.717, 1.165) is 74.1 Å². The van der Waals surface area contributed by atoms with Crippen molar-refractivity contribution in [3.05, 3.63) is 62.9 Å². The molecule has 1 N–H and O–H groups in total. The van der Waals surface area contributed by atoms with Crippen LogP contribution in [0.15, 0.2) is 51.6 Å². The Morgan fingerprint density at radius 2 is 1.94 bits per heavy atom. The summed E-state index contributed by atoms with van der Waals surface area (Å²) in [6.45, 7) is 6.29. The van der Waals surface area contributed by atoms with Crippen molar-refractivity contribution in [3.63, 3.8) is 0 Å². The second-order valence-corrected chi connectivity index (χ2v) is 15.4. The predicted octanol–water partition coefficient (Wildman–Crippen LogP) is 5.36. The van der Waals surface area contributed by atoms with Crippen molar-refractivity contribution in [1.29, 1.82) is 0 Å². The molecule has 1 aromatic carbocycles. The third-order valence-corrected chi connectivity index (χ3v) is 10.9. The minimum atomic E-state index is -3.76. The van der Waals surface area contributed by atoms with E-state index in [1.807, 2.05) is 22.6 Å². The summed E-state index contributed by atoms with van der Waals surface area (Å²) in [5, 5.41) is 2.09. The number of likely N-dealkylation sites (tertiary alicyclic amines) is 1. The molecular formula is C34H38ClN5O6S2. The van der Waals surface area contributed by atoms with Crippen molar-refractivity contribution in [2.24, 2.45) is 4.99 Å². The minimum Gasteiger partial charge on any atom is -0.491 e. The van der Waals surface area contributed by atoms with Gasteiger partial charge in [-0.2, -0.15) is 0 Å². The van der Waals surface area contributed by atoms with Crippen molar-refractivity contribution in [2.45, 2.75) is 58.1 Å². The van der Waals surface area contributed by atoms with E-state index in [1.165, 1.54) is 11.3 Å². The molecule has 254 valence electrons. The van der Waals surface area contributed by atoms with Gasteiger partial charge in [-0.1, -0.05) is 11.6 Å². The Morgan fingerprint density at radius 3 is 2.65 bits per heavy atom. The van der Waals surface area contributed by atoms with E-state index >= 15 is 0 Å². The van der Waals surface area contributed by atoms with Crippen LogP contribution >= 0.6 is 22.9 Å². The molecule has 1 saturated heterocycles. The molecule has 11 nitrogen and oxygen atoms in total. The molecule has 0 saturated carbocycles. The molecule has 1 amide bonds. The Kier molecular flexibility index (Phi) is 10.1. The number of hydrogen-bond acceptors (Lipinski definition) is 11. The molecule has 6 rings (SSSR count). The minimum absolute atomic E-state index is 0.168. The zero-order chi connectivity index (χ0) is 34.2. The first kappa shape index (κ1) is 34.3. The molecule has 1 aliphatic carbocycles. The number of aromatic nitrogens is 1. The maximum atomic E-state index is 12.8. The molecule has 0 bridgehead atoms. The smallest absolute Gasteiger partial charge is 0.267 e. The highest BCUT2D eigenvalue weighted by atomic mass is 35.5. The fourth-order valence-corrected chi connectivity index (χ4v) is 8.47. The maximum absolute atomic E-state index is 12.8. The largest absolute Gasteiger partial charge is 0.491 e. The summed E-state index contributed by atoms with van der Waals surface area (Å²) in [6.07, 6.45) is 5.87. The number of thiophene rings is 1. The SMILES string of the molecule is COC1CCN([C@@H]2CCC3=C(C2)C(=C=O)N(CCOc2ccc(Cl)cc2-c2cc(C)nc4c(C(=O)NS(C)(=O)=O)csc24)C(C)=N3)CC1. The first-order valence-electron chi connectivity index (χ1n) is 15.9. The molecule has 0 radical (unpaired) electrons. The lowest BCUT2D eigenvalue weighted by molar-refractivity contribution is 0.0249. The lowest BCUT2D eigenvalue weighted by atomic mass is 9.87. The molecule has 48 heavy (non-hydrogen) atoms. The molecule has 4 heterocycles. The molecule has 1 fully saturated rings. The van der Waals surface area contributed by atoms with Crippen LogP contribution in [0.5, 0.6) is 5.75 Å². The quantitative estimate of drug-likeness (QED) is 0.292. The average molecular weight is 712 g/mol. The number of fused-ring (bicyclic) bond motifs is 1. The van der Waals surface area contributed by atoms with Crippen molar-refractivity contribution in [2.75, 3.05) is 39.6 Å². The standard InChI is InChI=1S/C34H38ClN5O6S2/c1-20-15-26(33-32(36-20)28(19-47-33)34(42)38-48(4,43)44)25-16-22(35)5-8-31(25)46-14-13-40-21(2)37-29-7-6-23(17-27(29)30(40)18-41)39-11-9-24(45-3)10-12-39/h5,8,15-16,19,23-24H,6-7,9-14,17H2,1-4H3,(H,38,42)/t23-/m1/s1. The number of pyridine rings is 1. The van der Waals surface area contributed by atoms with Crippen molar-refractivity contribution in [1.82, 2.24) is 19.5 Å². The van der Waals surface area contributed by atoms with Gasteiger partial charge in [0.1, 0.15) is 23.9 Å². The van der Waals surface area contributed by atoms with Gasteiger partial charge < -0.3 is 14.4 Å². The van der Waals surface area contributed by atoms with Gasteiger partial charge in [0.25, 0.3) is 5.91 Å². The summed E-state index contributed by atoms with van der Waals surface area (Å²) in [7, 11) is -1.98. The number of halogens is 1. The Bertz CT molecular complexity index is 1980. The first-order chi connectivity index (χ1) is 23.0. The highest BCUT2D eigenvalue weighted by molar-refractivity contribution is 7.89. The number of nitrogens with zero attached hydrogens (tertiary/aromatic N) is 4. The van der Waals surface area contributed by atoms with Crippen LogP contribution in [0.3, 0.4) is 0 Å². The average Bonchev–Trinajstić information content (AvgIpc) is 3.48. The number of aryl methyl sites for hydroxylation is 1. The zero-order valence-electron chi connectivity index (χ0n) is 27.3. The number of amidine groups is 1. The summed E-state index contributed by atoms with van der Waals surface area (Å²) in [6, 6.07) is 7.56. The number of piperidine rings is 1. The number of rotatable bonds is 9. The summed E-state index contributed by atoms with van der Waals surface area (Å²) in [5.74, 6) is 2.78. The molecule has 3 aliphatic rings. The molecule has 1 atom stereocenters. The third kappa shape index (κ3) is 7.22. The lowest BCUT2D eigenvalue weighted by Crippen LogP contribution is -2.45. The molecule has 2 aliphatic heterocycles. The number of allylic oxidation sites excluding steroid dienone is 2. The Hall–Kier alpha value is -3.58. The number of carbonyl (C=O) groups excluding carboxylic acids is 2. The van der Waals surface area contributed by atoms with Crippen molar-refractivity contribution in [3.8, 4) is 16.9 Å². The van der Waals surface area contributed by atoms with Gasteiger partial charge in [0, 0.05) is 64.7 Å². The number of benzene rings is 1.